The fourth-order valence-electron chi connectivity index (χ4n) is 6.38. The standard InChI is InChI=1S/C41H43Cl2N5O5/c1-41(2,3)53-40(50)47-21-19-46(20-22-47)17-12-18-48-31-24-34(45-38(27-13-8-6-9-14-27)28-15-10-7-11-16-28)44-26-29(31)23-30(39(48)49)35-36(42)32(51-4)25-33(52-5)37(35)43/h6-11,13-16,23-26H,12,17-22H2,1-5H3. The molecule has 5 aromatic rings. The fraction of sp³-hybridized carbons (Fsp3) is 0.317. The summed E-state index contributed by atoms with van der Waals surface area (Å²) in [5.41, 5.74) is 3.10. The molecule has 12 heteroatoms. The van der Waals surface area contributed by atoms with Crippen molar-refractivity contribution in [1.29, 1.82) is 0 Å². The van der Waals surface area contributed by atoms with Crippen molar-refractivity contribution in [2.24, 2.45) is 4.99 Å². The van der Waals surface area contributed by atoms with E-state index in [0.717, 1.165) is 23.4 Å². The summed E-state index contributed by atoms with van der Waals surface area (Å²) in [6, 6.07) is 25.1. The van der Waals surface area contributed by atoms with Gasteiger partial charge in [-0.05, 0) is 39.8 Å². The number of carbonyl (C=O) groups is 1. The maximum absolute atomic E-state index is 14.6. The highest BCUT2D eigenvalue weighted by Crippen LogP contribution is 2.45. The summed E-state index contributed by atoms with van der Waals surface area (Å²) in [5, 5.41) is 1.11. The van der Waals surface area contributed by atoms with Crippen LogP contribution in [0.4, 0.5) is 10.6 Å². The smallest absolute Gasteiger partial charge is 0.410 e. The van der Waals surface area contributed by atoms with Gasteiger partial charge in [0.05, 0.1) is 41.1 Å². The number of nitrogens with zero attached hydrogens (tertiary/aromatic N) is 5. The van der Waals surface area contributed by atoms with Crippen LogP contribution in [0.1, 0.15) is 38.3 Å². The van der Waals surface area contributed by atoms with Gasteiger partial charge >= 0.3 is 6.09 Å². The molecule has 0 saturated carbocycles. The van der Waals surface area contributed by atoms with Crippen molar-refractivity contribution in [1.82, 2.24) is 19.4 Å². The first-order valence-electron chi connectivity index (χ1n) is 17.5. The van der Waals surface area contributed by atoms with Crippen LogP contribution < -0.4 is 15.0 Å². The topological polar surface area (TPSA) is 98.5 Å². The molecule has 0 radical (unpaired) electrons. The Hall–Kier alpha value is -4.90. The maximum atomic E-state index is 14.6. The number of ether oxygens (including phenoxy) is 3. The molecule has 10 nitrogen and oxygen atoms in total. The Balaban J connectivity index is 1.39. The Morgan fingerprint density at radius 1 is 0.830 bits per heavy atom. The number of fused-ring (bicyclic) bond motifs is 1. The van der Waals surface area contributed by atoms with E-state index in [1.165, 1.54) is 14.2 Å². The molecule has 2 aromatic heterocycles. The van der Waals surface area contributed by atoms with E-state index < -0.39 is 5.60 Å². The van der Waals surface area contributed by atoms with Crippen LogP contribution in [-0.4, -0.2) is 83.7 Å². The first-order chi connectivity index (χ1) is 25.5. The number of piperazine rings is 1. The molecule has 1 aliphatic heterocycles. The van der Waals surface area contributed by atoms with E-state index in [4.69, 9.17) is 47.4 Å². The summed E-state index contributed by atoms with van der Waals surface area (Å²) in [4.78, 5) is 41.0. The predicted octanol–water partition coefficient (Wildman–Crippen LogP) is 8.50. The van der Waals surface area contributed by atoms with E-state index in [1.807, 2.05) is 87.5 Å². The molecule has 1 fully saturated rings. The lowest BCUT2D eigenvalue weighted by molar-refractivity contribution is 0.0144. The number of aryl methyl sites for hydroxylation is 1. The SMILES string of the molecule is COc1cc(OC)c(Cl)c(-c2cc3cnc(N=C(c4ccccc4)c4ccccc4)cc3n(CCCN3CCN(C(=O)OC(C)(C)C)CC3)c2=O)c1Cl. The number of benzene rings is 3. The average Bonchev–Trinajstić information content (AvgIpc) is 3.15. The van der Waals surface area contributed by atoms with Crippen LogP contribution >= 0.6 is 23.2 Å². The lowest BCUT2D eigenvalue weighted by atomic mass is 10.0. The van der Waals surface area contributed by atoms with Crippen molar-refractivity contribution in [3.63, 3.8) is 0 Å². The normalized spacial score (nSPS) is 13.5. The van der Waals surface area contributed by atoms with Gasteiger partial charge in [-0.15, -0.1) is 0 Å². The van der Waals surface area contributed by atoms with Crippen LogP contribution in [0.25, 0.3) is 22.0 Å². The van der Waals surface area contributed by atoms with Gasteiger partial charge in [0.2, 0.25) is 0 Å². The van der Waals surface area contributed by atoms with Crippen molar-refractivity contribution < 1.29 is 19.0 Å². The highest BCUT2D eigenvalue weighted by Gasteiger charge is 2.26. The molecule has 1 saturated heterocycles. The van der Waals surface area contributed by atoms with E-state index >= 15 is 0 Å². The second-order valence-electron chi connectivity index (χ2n) is 13.8. The van der Waals surface area contributed by atoms with E-state index in [0.29, 0.717) is 78.5 Å². The maximum Gasteiger partial charge on any atom is 0.410 e. The van der Waals surface area contributed by atoms with Crippen molar-refractivity contribution in [3.05, 3.63) is 117 Å². The molecule has 3 aromatic carbocycles. The molecule has 1 amide bonds. The number of amides is 1. The lowest BCUT2D eigenvalue weighted by Gasteiger charge is -2.35. The average molecular weight is 757 g/mol. The lowest BCUT2D eigenvalue weighted by Crippen LogP contribution is -2.50. The van der Waals surface area contributed by atoms with Gasteiger partial charge in [-0.2, -0.15) is 0 Å². The molecule has 0 unspecified atom stereocenters. The molecule has 0 aliphatic carbocycles. The number of aromatic nitrogens is 2. The van der Waals surface area contributed by atoms with Crippen molar-refractivity contribution in [2.45, 2.75) is 39.3 Å². The summed E-state index contributed by atoms with van der Waals surface area (Å²) >= 11 is 13.7. The number of hydrogen-bond donors (Lipinski definition) is 0. The molecule has 0 atom stereocenters. The summed E-state index contributed by atoms with van der Waals surface area (Å²) < 4.78 is 18.3. The van der Waals surface area contributed by atoms with Crippen LogP contribution in [-0.2, 0) is 11.3 Å². The number of methoxy groups -OCH3 is 2. The van der Waals surface area contributed by atoms with Crippen LogP contribution in [0.15, 0.2) is 94.8 Å². The molecule has 6 rings (SSSR count). The van der Waals surface area contributed by atoms with Crippen molar-refractivity contribution >= 4 is 51.7 Å². The molecule has 0 N–H and O–H groups in total. The van der Waals surface area contributed by atoms with Gasteiger partial charge < -0.3 is 23.7 Å². The van der Waals surface area contributed by atoms with Gasteiger partial charge in [-0.1, -0.05) is 83.9 Å². The van der Waals surface area contributed by atoms with Crippen LogP contribution in [0.2, 0.25) is 10.0 Å². The van der Waals surface area contributed by atoms with Gasteiger partial charge in [0.15, 0.2) is 5.82 Å². The van der Waals surface area contributed by atoms with Crippen molar-refractivity contribution in [2.75, 3.05) is 46.9 Å². The molecule has 1 aliphatic rings. The Morgan fingerprint density at radius 3 is 1.96 bits per heavy atom. The molecule has 0 spiro atoms. The highest BCUT2D eigenvalue weighted by atomic mass is 35.5. The third-order valence-electron chi connectivity index (χ3n) is 9.01. The second-order valence-corrected chi connectivity index (χ2v) is 14.5. The number of pyridine rings is 2. The number of aliphatic imine (C=N–C) groups is 1. The molecular formula is C41H43Cl2N5O5. The largest absolute Gasteiger partial charge is 0.495 e. The summed E-state index contributed by atoms with van der Waals surface area (Å²) in [5.74, 6) is 1.12. The minimum absolute atomic E-state index is 0.203. The number of rotatable bonds is 10. The molecular weight excluding hydrogens is 713 g/mol. The van der Waals surface area contributed by atoms with E-state index in [2.05, 4.69) is 4.90 Å². The number of halogens is 2. The first-order valence-corrected chi connectivity index (χ1v) is 18.3. The zero-order valence-corrected chi connectivity index (χ0v) is 32.1. The summed E-state index contributed by atoms with van der Waals surface area (Å²) in [6.45, 7) is 9.26. The van der Waals surface area contributed by atoms with Crippen LogP contribution in [0.3, 0.4) is 0 Å². The molecule has 3 heterocycles. The monoisotopic (exact) mass is 755 g/mol. The zero-order valence-electron chi connectivity index (χ0n) is 30.6. The zero-order chi connectivity index (χ0) is 37.7. The van der Waals surface area contributed by atoms with E-state index in [1.54, 1.807) is 27.8 Å². The van der Waals surface area contributed by atoms with Gasteiger partial charge in [-0.25, -0.2) is 14.8 Å². The summed E-state index contributed by atoms with van der Waals surface area (Å²) in [7, 11) is 2.99. The summed E-state index contributed by atoms with van der Waals surface area (Å²) in [6.07, 6.45) is 2.08. The highest BCUT2D eigenvalue weighted by molar-refractivity contribution is 6.41. The molecule has 0 bridgehead atoms. The molecule has 53 heavy (non-hydrogen) atoms. The van der Waals surface area contributed by atoms with Crippen LogP contribution in [0, 0.1) is 0 Å². The third-order valence-corrected chi connectivity index (χ3v) is 9.76. The van der Waals surface area contributed by atoms with Gasteiger partial charge in [0.25, 0.3) is 5.56 Å². The Labute approximate surface area is 319 Å². The Kier molecular flexibility index (Phi) is 11.7. The number of hydrogen-bond acceptors (Lipinski definition) is 8. The number of carbonyl (C=O) groups excluding carboxylic acids is 1. The van der Waals surface area contributed by atoms with Gasteiger partial charge in [-0.3, -0.25) is 9.69 Å². The van der Waals surface area contributed by atoms with E-state index in [9.17, 15) is 9.59 Å². The van der Waals surface area contributed by atoms with Crippen LogP contribution in [0.5, 0.6) is 11.5 Å². The van der Waals surface area contributed by atoms with E-state index in [-0.39, 0.29) is 21.7 Å². The Bertz CT molecular complexity index is 2110. The van der Waals surface area contributed by atoms with Gasteiger partial charge in [0.1, 0.15) is 17.1 Å². The third kappa shape index (κ3) is 8.67. The predicted molar refractivity (Wildman–Crippen MR) is 212 cm³/mol. The van der Waals surface area contributed by atoms with Gasteiger partial charge in [0, 0.05) is 73.1 Å². The molecule has 276 valence electrons. The first kappa shape index (κ1) is 37.8. The fourth-order valence-corrected chi connectivity index (χ4v) is 7.09. The Morgan fingerprint density at radius 2 is 1.42 bits per heavy atom. The van der Waals surface area contributed by atoms with Crippen molar-refractivity contribution in [3.8, 4) is 22.6 Å². The minimum atomic E-state index is -0.547. The quantitative estimate of drug-likeness (QED) is 0.132. The minimum Gasteiger partial charge on any atom is -0.495 e. The second kappa shape index (κ2) is 16.4.